The van der Waals surface area contributed by atoms with Crippen LogP contribution in [-0.4, -0.2) is 5.78 Å². The summed E-state index contributed by atoms with van der Waals surface area (Å²) in [5.74, 6) is 0.287. The van der Waals surface area contributed by atoms with E-state index in [-0.39, 0.29) is 11.2 Å². The van der Waals surface area contributed by atoms with Gasteiger partial charge < -0.3 is 0 Å². The molecule has 0 spiro atoms. The van der Waals surface area contributed by atoms with Crippen LogP contribution < -0.4 is 0 Å². The number of Topliss-reactive ketones (excluding diaryl/α,β-unsaturated/α-hetero) is 1. The minimum atomic E-state index is -0.0627. The Hall–Kier alpha value is 0.330. The molecule has 1 aliphatic carbocycles. The summed E-state index contributed by atoms with van der Waals surface area (Å²) in [6, 6.07) is 0. The first-order valence-corrected chi connectivity index (χ1v) is 6.48. The Morgan fingerprint density at radius 3 is 2.54 bits per heavy atom. The zero-order valence-corrected chi connectivity index (χ0v) is 11.1. The highest BCUT2D eigenvalue weighted by molar-refractivity contribution is 9.13. The molecule has 0 aliphatic heterocycles. The van der Waals surface area contributed by atoms with E-state index in [0.717, 1.165) is 26.7 Å². The van der Waals surface area contributed by atoms with Gasteiger partial charge in [-0.3, -0.25) is 4.79 Å². The predicted molar refractivity (Wildman–Crippen MR) is 61.4 cm³/mol. The molecule has 0 radical (unpaired) electrons. The molecule has 2 rings (SSSR count). The van der Waals surface area contributed by atoms with Crippen LogP contribution in [0.5, 0.6) is 0 Å². The van der Waals surface area contributed by atoms with Gasteiger partial charge in [-0.25, -0.2) is 0 Å². The van der Waals surface area contributed by atoms with Gasteiger partial charge in [-0.05, 0) is 44.7 Å². The van der Waals surface area contributed by atoms with Crippen molar-refractivity contribution in [3.05, 3.63) is 19.2 Å². The lowest BCUT2D eigenvalue weighted by atomic mass is 10.0. The number of hydrogen-bond donors (Lipinski definition) is 0. The first-order chi connectivity index (χ1) is 6.04. The first kappa shape index (κ1) is 9.87. The third-order valence-electron chi connectivity index (χ3n) is 2.44. The van der Waals surface area contributed by atoms with Crippen LogP contribution in [0, 0.1) is 5.41 Å². The van der Waals surface area contributed by atoms with Crippen LogP contribution in [0.2, 0.25) is 0 Å². The summed E-state index contributed by atoms with van der Waals surface area (Å²) in [5.41, 5.74) is -0.0627. The second-order valence-corrected chi connectivity index (χ2v) is 6.14. The summed E-state index contributed by atoms with van der Waals surface area (Å²) in [7, 11) is 0. The van der Waals surface area contributed by atoms with Gasteiger partial charge in [0.25, 0.3) is 0 Å². The minimum Gasteiger partial charge on any atom is -0.293 e. The summed E-state index contributed by atoms with van der Waals surface area (Å²) in [4.78, 5) is 12.8. The van der Waals surface area contributed by atoms with E-state index in [1.54, 1.807) is 0 Å². The highest BCUT2D eigenvalue weighted by atomic mass is 79.9. The summed E-state index contributed by atoms with van der Waals surface area (Å²) < 4.78 is 1.89. The number of hydrogen-bond acceptors (Lipinski definition) is 2. The molecule has 0 bridgehead atoms. The van der Waals surface area contributed by atoms with Crippen LogP contribution in [0.3, 0.4) is 0 Å². The standard InChI is InChI=1S/C9H8Br2OS/c1-9(2-3-9)8(12)7-6(11)5(10)4-13-7/h4H,2-3H2,1H3. The lowest BCUT2D eigenvalue weighted by molar-refractivity contribution is 0.0916. The Labute approximate surface area is 97.8 Å². The van der Waals surface area contributed by atoms with Crippen LogP contribution in [0.15, 0.2) is 14.3 Å². The van der Waals surface area contributed by atoms with E-state index in [1.807, 2.05) is 12.3 Å². The number of thiophene rings is 1. The van der Waals surface area contributed by atoms with Crippen molar-refractivity contribution in [2.24, 2.45) is 5.41 Å². The van der Waals surface area contributed by atoms with Crippen molar-refractivity contribution >= 4 is 49.0 Å². The van der Waals surface area contributed by atoms with Crippen molar-refractivity contribution in [3.63, 3.8) is 0 Å². The van der Waals surface area contributed by atoms with Crippen LogP contribution in [0.1, 0.15) is 29.4 Å². The fourth-order valence-corrected chi connectivity index (χ4v) is 3.41. The molecule has 0 atom stereocenters. The smallest absolute Gasteiger partial charge is 0.179 e. The van der Waals surface area contributed by atoms with Crippen molar-refractivity contribution in [2.75, 3.05) is 0 Å². The second-order valence-electron chi connectivity index (χ2n) is 3.62. The van der Waals surface area contributed by atoms with Crippen molar-refractivity contribution in [1.29, 1.82) is 0 Å². The van der Waals surface area contributed by atoms with Crippen LogP contribution in [-0.2, 0) is 0 Å². The Morgan fingerprint density at radius 2 is 2.15 bits per heavy atom. The molecular formula is C9H8Br2OS. The molecule has 0 saturated heterocycles. The molecule has 0 unspecified atom stereocenters. The summed E-state index contributed by atoms with van der Waals surface area (Å²) >= 11 is 8.30. The van der Waals surface area contributed by atoms with Gasteiger partial charge in [0.2, 0.25) is 0 Å². The van der Waals surface area contributed by atoms with Crippen molar-refractivity contribution in [1.82, 2.24) is 0 Å². The van der Waals surface area contributed by atoms with Crippen LogP contribution in [0.25, 0.3) is 0 Å². The molecule has 1 fully saturated rings. The average molecular weight is 324 g/mol. The van der Waals surface area contributed by atoms with E-state index in [2.05, 4.69) is 31.9 Å². The summed E-state index contributed by atoms with van der Waals surface area (Å²) in [6.45, 7) is 2.04. The largest absolute Gasteiger partial charge is 0.293 e. The maximum Gasteiger partial charge on any atom is 0.179 e. The molecule has 0 N–H and O–H groups in total. The highest BCUT2D eigenvalue weighted by Crippen LogP contribution is 2.50. The lowest BCUT2D eigenvalue weighted by Crippen LogP contribution is -2.10. The maximum atomic E-state index is 11.9. The van der Waals surface area contributed by atoms with Crippen molar-refractivity contribution in [3.8, 4) is 0 Å². The van der Waals surface area contributed by atoms with Crippen LogP contribution in [0.4, 0.5) is 0 Å². The molecule has 1 heterocycles. The SMILES string of the molecule is CC1(C(=O)c2scc(Br)c2Br)CC1. The Morgan fingerprint density at radius 1 is 1.54 bits per heavy atom. The molecule has 4 heteroatoms. The summed E-state index contributed by atoms with van der Waals surface area (Å²) in [5, 5.41) is 1.95. The molecule has 0 amide bonds. The number of carbonyl (C=O) groups excluding carboxylic acids is 1. The van der Waals surface area contributed by atoms with Crippen molar-refractivity contribution < 1.29 is 4.79 Å². The van der Waals surface area contributed by atoms with Crippen LogP contribution >= 0.6 is 43.2 Å². The zero-order valence-electron chi connectivity index (χ0n) is 7.06. The number of carbonyl (C=O) groups is 1. The second kappa shape index (κ2) is 3.17. The Kier molecular flexibility index (Phi) is 2.41. The molecule has 1 aromatic heterocycles. The number of halogens is 2. The van der Waals surface area contributed by atoms with E-state index in [4.69, 9.17) is 0 Å². The quantitative estimate of drug-likeness (QED) is 0.743. The monoisotopic (exact) mass is 322 g/mol. The first-order valence-electron chi connectivity index (χ1n) is 4.02. The van der Waals surface area contributed by atoms with Crippen molar-refractivity contribution in [2.45, 2.75) is 19.8 Å². The van der Waals surface area contributed by atoms with E-state index in [9.17, 15) is 4.79 Å². The molecule has 13 heavy (non-hydrogen) atoms. The number of ketones is 1. The van der Waals surface area contributed by atoms with E-state index in [0.29, 0.717) is 0 Å². The van der Waals surface area contributed by atoms with E-state index < -0.39 is 0 Å². The van der Waals surface area contributed by atoms with Gasteiger partial charge in [-0.2, -0.15) is 0 Å². The lowest BCUT2D eigenvalue weighted by Gasteiger charge is -2.04. The van der Waals surface area contributed by atoms with Gasteiger partial charge in [-0.1, -0.05) is 6.92 Å². The molecule has 1 aromatic rings. The fourth-order valence-electron chi connectivity index (χ4n) is 1.16. The van der Waals surface area contributed by atoms with Gasteiger partial charge in [0.05, 0.1) is 9.35 Å². The van der Waals surface area contributed by atoms with E-state index in [1.165, 1.54) is 11.3 Å². The summed E-state index contributed by atoms with van der Waals surface area (Å²) in [6.07, 6.45) is 2.07. The molecule has 1 nitrogen and oxygen atoms in total. The third-order valence-corrected chi connectivity index (χ3v) is 5.97. The highest BCUT2D eigenvalue weighted by Gasteiger charge is 2.46. The zero-order chi connectivity index (χ0) is 9.64. The van der Waals surface area contributed by atoms with Gasteiger partial charge in [-0.15, -0.1) is 11.3 Å². The molecule has 70 valence electrons. The normalized spacial score (nSPS) is 18.7. The Balaban J connectivity index is 2.35. The minimum absolute atomic E-state index is 0.0627. The molecule has 0 aromatic carbocycles. The van der Waals surface area contributed by atoms with Gasteiger partial charge >= 0.3 is 0 Å². The topological polar surface area (TPSA) is 17.1 Å². The fraction of sp³-hybridized carbons (Fsp3) is 0.444. The molecular weight excluding hydrogens is 316 g/mol. The van der Waals surface area contributed by atoms with Gasteiger partial charge in [0, 0.05) is 15.3 Å². The van der Waals surface area contributed by atoms with Gasteiger partial charge in [0.1, 0.15) is 0 Å². The maximum absolute atomic E-state index is 11.9. The Bertz CT molecular complexity index is 366. The predicted octanol–water partition coefficient (Wildman–Crippen LogP) is 4.26. The average Bonchev–Trinajstić information content (AvgIpc) is 2.76. The third kappa shape index (κ3) is 1.64. The molecule has 1 aliphatic rings. The van der Waals surface area contributed by atoms with Gasteiger partial charge in [0.15, 0.2) is 5.78 Å². The number of rotatable bonds is 2. The molecule has 1 saturated carbocycles. The van der Waals surface area contributed by atoms with E-state index >= 15 is 0 Å².